The van der Waals surface area contributed by atoms with Gasteiger partial charge < -0.3 is 170 Å². The standard InChI is InChI=1S/C37H67NO13.C37H65NO12.C37H63NO11/c1-14-25-37(10,45)30(41)20(4)27(39)18(2)16-35(8,44)32(51-34-28(40)24(38(11)12)15-19(3)47-34)21(5)29(22(6)33(43)49-25)50-26-17-36(9,46-13)31(42)23(7)48-26;1-14-25-37(10,43)30(40)20(4)28-18(2)16-36(9,50-28)32(49-34-27(39)24(38(11)12)15-19(3)45-34)21(5)29(22(6)33(42)47-25)48-26-17-35(8,44-13)31(41)23(7)46-26;1-14-26-34(8)16-19(2)37(48-34)20(3)17-36(10,49-37)31(47-33-28(39)25(38(11)12)15-21(4)43-33)22(5)29(23(6)32(41)45-26)46-27-18-35(9,42-13)30(40)24(7)44-27/h18-26,28-32,34,40-42,44-45H,14-17H2,1-13H3;19-27,29-32,34,39-41,43H,14-17H2,1-13H3;16,20-31,33,39-40H,14-15,17-18H2,1-13H3/p+2/t18-,19-,20+,21+,22-,23+,24+,25-,26+,28-,29+,30-,31+,32-,34+,35+,36-,37-;19-,20+,21+,22-,23+,24+,25-,26+,27-,29+,30-,31+,32-,34+,35-,36-,37-;20-,21-,22+,23-,24+,25+,26-,27+,28-,29+,30+,31-,33+,34-,35-,36+,37-/m111/s1. The molecule has 0 aromatic heterocycles. The molecule has 11 N–H and O–H groups in total. The Morgan fingerprint density at radius 3 is 1.05 bits per heavy atom. The Balaban J connectivity index is 0.000000275. The maximum Gasteiger partial charge on any atom is 1.00 e. The molecular formula is C111H197N3O36+2. The number of nitrogens with zero attached hydrogens (tertiary/aromatic N) is 3. The van der Waals surface area contributed by atoms with Crippen LogP contribution in [0.25, 0.3) is 0 Å². The highest BCUT2D eigenvalue weighted by Crippen LogP contribution is 2.58. The number of ketones is 1. The third-order valence-electron chi connectivity index (χ3n) is 36.0. The minimum absolute atomic E-state index is 0. The van der Waals surface area contributed by atoms with Crippen molar-refractivity contribution in [3.63, 3.8) is 0 Å². The zero-order valence-corrected chi connectivity index (χ0v) is 97.3. The van der Waals surface area contributed by atoms with E-state index in [0.717, 1.165) is 11.1 Å². The van der Waals surface area contributed by atoms with Gasteiger partial charge in [-0.1, -0.05) is 69.2 Å². The molecule has 52 atom stereocenters. The first-order chi connectivity index (χ1) is 69.3. The number of cyclic esters (lactones) is 3. The molecule has 39 heteroatoms. The molecule has 1 spiro atoms. The summed E-state index contributed by atoms with van der Waals surface area (Å²) >= 11 is 0. The summed E-state index contributed by atoms with van der Waals surface area (Å²) in [4.78, 5) is 62.0. The van der Waals surface area contributed by atoms with E-state index in [1.165, 1.54) is 41.9 Å². The Bertz CT molecular complexity index is 4490. The fourth-order valence-electron chi connectivity index (χ4n) is 26.5. The van der Waals surface area contributed by atoms with Crippen LogP contribution < -0.4 is 0 Å². The van der Waals surface area contributed by atoms with Crippen LogP contribution in [0.4, 0.5) is 0 Å². The van der Waals surface area contributed by atoms with E-state index in [2.05, 4.69) is 6.92 Å². The number of aliphatic hydroxyl groups excluding tert-OH is 8. The van der Waals surface area contributed by atoms with Crippen LogP contribution in [0, 0.1) is 59.2 Å². The molecule has 0 amide bonds. The van der Waals surface area contributed by atoms with Crippen LogP contribution in [0.1, 0.15) is 288 Å². The molecule has 5 bridgehead atoms. The Morgan fingerprint density at radius 1 is 0.393 bits per heavy atom. The summed E-state index contributed by atoms with van der Waals surface area (Å²) in [5, 5.41) is 126. The second-order valence-electron chi connectivity index (χ2n) is 49.3. The monoisotopic (exact) mass is 2150 g/mol. The largest absolute Gasteiger partial charge is 1.00 e. The third kappa shape index (κ3) is 26.6. The molecule has 0 aromatic rings. The average molecular weight is 2150 g/mol. The molecule has 10 saturated heterocycles. The van der Waals surface area contributed by atoms with E-state index in [1.807, 2.05) is 146 Å². The zero-order chi connectivity index (χ0) is 113. The van der Waals surface area contributed by atoms with E-state index >= 15 is 0 Å². The number of rotatable bonds is 21. The zero-order valence-electron chi connectivity index (χ0n) is 99.3. The van der Waals surface area contributed by atoms with Crippen LogP contribution in [0.2, 0.25) is 0 Å². The van der Waals surface area contributed by atoms with Gasteiger partial charge in [0.15, 0.2) is 43.5 Å². The Kier molecular flexibility index (Phi) is 42.4. The second kappa shape index (κ2) is 49.8. The maximum absolute atomic E-state index is 14.2. The number of Topliss-reactive ketones (excluding diaryl/α,β-unsaturated/α-hetero) is 1. The molecule has 10 fully saturated rings. The summed E-state index contributed by atoms with van der Waals surface area (Å²) in [6.07, 6.45) is -19.5. The first-order valence-electron chi connectivity index (χ1n) is 55.0. The number of hydrogen-bond donors (Lipinski definition) is 11. The molecule has 39 nitrogen and oxygen atoms in total. The number of carbonyl (C=O) groups excluding carboxylic acids is 4. The molecule has 0 aromatic carbocycles. The van der Waals surface area contributed by atoms with Gasteiger partial charge in [-0.15, -0.1) is 0 Å². The van der Waals surface area contributed by atoms with Crippen LogP contribution >= 0.6 is 0 Å². The molecule has 12 rings (SSSR count). The minimum Gasteiger partial charge on any atom is -0.489 e. The minimum atomic E-state index is -1.99. The van der Waals surface area contributed by atoms with Crippen LogP contribution in [0.5, 0.6) is 0 Å². The van der Waals surface area contributed by atoms with Gasteiger partial charge in [0.05, 0.1) is 125 Å². The number of fused-ring (bicyclic) bond motifs is 4. The van der Waals surface area contributed by atoms with Crippen molar-refractivity contribution in [2.45, 2.75) is 537 Å². The predicted molar refractivity (Wildman–Crippen MR) is 552 cm³/mol. The molecule has 12 aliphatic rings. The normalized spacial score (nSPS) is 50.5. The number of ether oxygens (including phenoxy) is 21. The van der Waals surface area contributed by atoms with Gasteiger partial charge in [-0.3, -0.25) is 19.2 Å². The van der Waals surface area contributed by atoms with E-state index < -0.39 is 293 Å². The molecular weight excluding hydrogens is 1950 g/mol. The van der Waals surface area contributed by atoms with Gasteiger partial charge in [-0.2, -0.15) is 0 Å². The summed E-state index contributed by atoms with van der Waals surface area (Å²) < 4.78 is 134. The molecule has 150 heavy (non-hydrogen) atoms. The molecule has 12 aliphatic heterocycles. The predicted octanol–water partition coefficient (Wildman–Crippen LogP) is 8.84. The summed E-state index contributed by atoms with van der Waals surface area (Å²) in [6.45, 7) is 53.7. The highest BCUT2D eigenvalue weighted by molar-refractivity contribution is 5.83. The van der Waals surface area contributed by atoms with E-state index in [1.54, 1.807) is 97.1 Å². The fourth-order valence-corrected chi connectivity index (χ4v) is 26.5. The average Bonchev–Trinajstić information content (AvgIpc) is 1.55. The van der Waals surface area contributed by atoms with Gasteiger partial charge in [-0.05, 0) is 249 Å². The van der Waals surface area contributed by atoms with E-state index in [-0.39, 0.29) is 83.7 Å². The van der Waals surface area contributed by atoms with Gasteiger partial charge >= 0.3 is 20.8 Å². The van der Waals surface area contributed by atoms with Crippen molar-refractivity contribution in [3.05, 3.63) is 23.0 Å². The summed E-state index contributed by atoms with van der Waals surface area (Å²) in [6, 6.07) is -0.749. The Hall–Kier alpha value is -3.88. The topological polar surface area (TPSA) is 494 Å². The van der Waals surface area contributed by atoms with E-state index in [4.69, 9.17) is 99.5 Å². The third-order valence-corrected chi connectivity index (χ3v) is 36.0. The lowest BCUT2D eigenvalue weighted by molar-refractivity contribution is -0.337. The van der Waals surface area contributed by atoms with Gasteiger partial charge in [0.1, 0.15) is 95.0 Å². The van der Waals surface area contributed by atoms with Crippen molar-refractivity contribution < 1.29 is 178 Å². The smallest absolute Gasteiger partial charge is 0.489 e. The van der Waals surface area contributed by atoms with Crippen molar-refractivity contribution in [2.24, 2.45) is 59.2 Å². The fraction of sp³-hybridized carbons (Fsp3) is 0.928. The SMILES string of the molecule is CC[C@H]1OC(=O)[C@H](C)[C@@H](O[C@H]2C[C@@](C)(OC)[C@@H](O)[C@H](C)O2)[C@H](C)[C@@H](O[C@@H]2O[C@H](C)C[C@H](N(C)C)[C@H]2O)[C@@](C)(O)C[C@@H](C)C(=O)[C@H](C)[C@@H](O)[C@]1(C)O.CC[C@H]1OC(=O)[C@H](C)[C@@H](O[C@H]2C[C@@](C)(OC)[C@@H](O)[C@H](C)O2)[C@H](C)[C@@H](O[C@@H]2O[C@H](C)C[C@H](N(C)C)[C@H]2O)[C@@]2(C)CC(C)=C(O2)[C@H](C)[C@@H](O)[C@]1(C)O.CC[C@H]1OC(=O)[C@H](C)[C@@H](O[C@H]2C[C@@](C)(OC)[C@@H](O)[C@H](C)O2)[C@H](C)[C@@H](O[C@@H]2O[C@H](C)C[C@H](N(C)C)[C@H]2O)[C@]2(C)C[C@@H](C)[C@]3(O[C@]1(C)C=C3C)O2.[H+].[H+]. The summed E-state index contributed by atoms with van der Waals surface area (Å²) in [7, 11) is 16.0. The Morgan fingerprint density at radius 2 is 0.713 bits per heavy atom. The van der Waals surface area contributed by atoms with Crippen molar-refractivity contribution >= 4 is 23.7 Å². The lowest BCUT2D eigenvalue weighted by Crippen LogP contribution is -2.61. The summed E-state index contributed by atoms with van der Waals surface area (Å²) in [5.41, 5.74) is -9.74. The van der Waals surface area contributed by atoms with Crippen LogP contribution in [-0.2, 0) is 119 Å². The van der Waals surface area contributed by atoms with Crippen molar-refractivity contribution in [1.82, 2.24) is 14.7 Å². The lowest BCUT2D eigenvalue weighted by atomic mass is 9.74. The number of methoxy groups -OCH3 is 3. The molecule has 0 unspecified atom stereocenters. The quantitative estimate of drug-likeness (QED) is 0.0290. The Labute approximate surface area is 894 Å². The van der Waals surface area contributed by atoms with E-state index in [0.29, 0.717) is 44.3 Å². The van der Waals surface area contributed by atoms with Gasteiger partial charge in [-0.25, -0.2) is 0 Å². The molecule has 0 radical (unpaired) electrons. The van der Waals surface area contributed by atoms with Crippen LogP contribution in [0.15, 0.2) is 23.0 Å². The number of esters is 3. The first kappa shape index (κ1) is 128. The number of carbonyl (C=O) groups is 4. The number of hydrogen-bond acceptors (Lipinski definition) is 39. The molecule has 870 valence electrons. The van der Waals surface area contributed by atoms with Crippen molar-refractivity contribution in [1.29, 1.82) is 0 Å². The highest BCUT2D eigenvalue weighted by atomic mass is 16.8. The molecule has 12 heterocycles. The lowest BCUT2D eigenvalue weighted by Gasteiger charge is -2.49. The highest BCUT2D eigenvalue weighted by Gasteiger charge is 2.67. The van der Waals surface area contributed by atoms with Gasteiger partial charge in [0, 0.05) is 107 Å². The molecule has 0 aliphatic carbocycles. The summed E-state index contributed by atoms with van der Waals surface area (Å²) in [5.74, 6) is -10.2. The second-order valence-corrected chi connectivity index (χ2v) is 49.3. The van der Waals surface area contributed by atoms with Crippen molar-refractivity contribution in [3.8, 4) is 0 Å². The maximum atomic E-state index is 14.2. The van der Waals surface area contributed by atoms with Crippen LogP contribution in [-0.4, -0.2) is 411 Å². The van der Waals surface area contributed by atoms with Crippen molar-refractivity contribution in [2.75, 3.05) is 63.6 Å². The van der Waals surface area contributed by atoms with Gasteiger partial charge in [0.25, 0.3) is 0 Å². The molecule has 0 saturated carbocycles. The van der Waals surface area contributed by atoms with Crippen LogP contribution in [0.3, 0.4) is 0 Å². The number of aliphatic hydroxyl groups is 11. The first-order valence-corrected chi connectivity index (χ1v) is 55.0. The van der Waals surface area contributed by atoms with E-state index in [9.17, 15) is 75.3 Å². The number of likely N-dealkylation sites (N-methyl/N-ethyl adjacent to an activating group) is 3. The van der Waals surface area contributed by atoms with Gasteiger partial charge in [0.2, 0.25) is 0 Å².